The van der Waals surface area contributed by atoms with E-state index in [-0.39, 0.29) is 12.5 Å². The average molecular weight is 725 g/mol. The second-order valence-corrected chi connectivity index (χ2v) is 14.3. The molecule has 0 bridgehead atoms. The van der Waals surface area contributed by atoms with E-state index in [0.717, 1.165) is 32.2 Å². The van der Waals surface area contributed by atoms with E-state index < -0.39 is 0 Å². The monoisotopic (exact) mass is 724 g/mol. The third-order valence-electron chi connectivity index (χ3n) is 7.97. The number of phenols is 1. The summed E-state index contributed by atoms with van der Waals surface area (Å²) in [6, 6.07) is 19.7. The summed E-state index contributed by atoms with van der Waals surface area (Å²) in [7, 11) is 13.0. The maximum Gasteiger partial charge on any atom is 0.188 e. The van der Waals surface area contributed by atoms with Crippen molar-refractivity contribution in [1.82, 2.24) is 9.97 Å². The molecule has 0 spiro atoms. The van der Waals surface area contributed by atoms with E-state index in [4.69, 9.17) is 23.9 Å². The molecule has 4 aromatic carbocycles. The number of ether oxygens (including phenoxy) is 4. The van der Waals surface area contributed by atoms with E-state index >= 15 is 0 Å². The summed E-state index contributed by atoms with van der Waals surface area (Å²) >= 11 is 3.35. The van der Waals surface area contributed by atoms with Crippen molar-refractivity contribution in [1.29, 1.82) is 0 Å². The number of hydrogen-bond acceptors (Lipinski definition) is 11. The Balaban J connectivity index is 0.000000199. The van der Waals surface area contributed by atoms with Crippen molar-refractivity contribution < 1.29 is 24.1 Å². The SMILES string of the molecule is COCOc1ccc(/C=C/c2nc3cc(C)c(N(C)C)cc3s2)cc1OC.COc1cc(/C=C/c2nc3cc(C)c(N(C)C)cc3s2)ccc1O. The topological polar surface area (TPSA) is 89.4 Å². The molecule has 0 saturated carbocycles. The first-order valence-electron chi connectivity index (χ1n) is 16.2. The number of nitrogens with zero attached hydrogens (tertiary/aromatic N) is 4. The molecule has 0 radical (unpaired) electrons. The van der Waals surface area contributed by atoms with E-state index in [0.29, 0.717) is 17.2 Å². The summed E-state index contributed by atoms with van der Waals surface area (Å²) in [6.45, 7) is 4.40. The van der Waals surface area contributed by atoms with Crippen LogP contribution >= 0.6 is 22.7 Å². The van der Waals surface area contributed by atoms with Gasteiger partial charge >= 0.3 is 0 Å². The van der Waals surface area contributed by atoms with Gasteiger partial charge in [0.1, 0.15) is 10.0 Å². The van der Waals surface area contributed by atoms with E-state index in [1.165, 1.54) is 31.9 Å². The number of thiazole rings is 2. The van der Waals surface area contributed by atoms with Crippen LogP contribution in [0.25, 0.3) is 44.7 Å². The molecule has 51 heavy (non-hydrogen) atoms. The Bertz CT molecular complexity index is 2190. The molecule has 0 amide bonds. The third-order valence-corrected chi connectivity index (χ3v) is 9.94. The molecule has 9 nitrogen and oxygen atoms in total. The number of anilines is 2. The fourth-order valence-electron chi connectivity index (χ4n) is 5.44. The van der Waals surface area contributed by atoms with Gasteiger partial charge in [-0.05, 0) is 96.8 Å². The van der Waals surface area contributed by atoms with E-state index in [9.17, 15) is 5.11 Å². The number of hydrogen-bond donors (Lipinski definition) is 1. The summed E-state index contributed by atoms with van der Waals surface area (Å²) < 4.78 is 23.3. The minimum absolute atomic E-state index is 0.140. The number of aromatic hydroxyl groups is 1. The van der Waals surface area contributed by atoms with Gasteiger partial charge in [0.15, 0.2) is 29.8 Å². The van der Waals surface area contributed by atoms with E-state index in [1.54, 1.807) is 56.1 Å². The molecule has 0 aliphatic heterocycles. The van der Waals surface area contributed by atoms with E-state index in [1.807, 2.05) is 62.7 Å². The molecule has 266 valence electrons. The minimum Gasteiger partial charge on any atom is -0.504 e. The Morgan fingerprint density at radius 2 is 1.12 bits per heavy atom. The van der Waals surface area contributed by atoms with Crippen molar-refractivity contribution in [3.05, 3.63) is 92.9 Å². The predicted molar refractivity (Wildman–Crippen MR) is 215 cm³/mol. The van der Waals surface area contributed by atoms with Crippen LogP contribution in [0.5, 0.6) is 23.0 Å². The Morgan fingerprint density at radius 3 is 1.59 bits per heavy atom. The van der Waals surface area contributed by atoms with Crippen LogP contribution in [0.3, 0.4) is 0 Å². The van der Waals surface area contributed by atoms with Crippen molar-refractivity contribution >= 4 is 78.8 Å². The second kappa shape index (κ2) is 16.7. The van der Waals surface area contributed by atoms with Crippen LogP contribution in [-0.4, -0.2) is 71.4 Å². The van der Waals surface area contributed by atoms with Gasteiger partial charge in [-0.1, -0.05) is 24.3 Å². The van der Waals surface area contributed by atoms with Crippen LogP contribution < -0.4 is 24.0 Å². The van der Waals surface area contributed by atoms with Gasteiger partial charge in [0, 0.05) is 46.7 Å². The predicted octanol–water partition coefficient (Wildman–Crippen LogP) is 9.39. The summed E-state index contributed by atoms with van der Waals surface area (Å²) in [6.07, 6.45) is 8.01. The molecule has 1 N–H and O–H groups in total. The van der Waals surface area contributed by atoms with Gasteiger partial charge in [-0.15, -0.1) is 22.7 Å². The highest BCUT2D eigenvalue weighted by Gasteiger charge is 2.10. The number of aromatic nitrogens is 2. The quantitative estimate of drug-likeness (QED) is 0.131. The number of fused-ring (bicyclic) bond motifs is 2. The number of benzene rings is 4. The normalized spacial score (nSPS) is 11.3. The van der Waals surface area contributed by atoms with E-state index in [2.05, 4.69) is 67.0 Å². The number of methoxy groups -OCH3 is 3. The van der Waals surface area contributed by atoms with Crippen LogP contribution in [-0.2, 0) is 4.74 Å². The summed E-state index contributed by atoms with van der Waals surface area (Å²) in [4.78, 5) is 13.7. The Hall–Kier alpha value is -5.10. The van der Waals surface area contributed by atoms with Gasteiger partial charge in [0.25, 0.3) is 0 Å². The van der Waals surface area contributed by atoms with Crippen molar-refractivity contribution in [2.24, 2.45) is 0 Å². The van der Waals surface area contributed by atoms with Crippen LogP contribution in [0.1, 0.15) is 32.3 Å². The molecule has 0 saturated heterocycles. The van der Waals surface area contributed by atoms with Gasteiger partial charge < -0.3 is 33.9 Å². The standard InChI is InChI=1S/C21H24N2O3S.C19H20N2O2S/c1-14-10-16-20(12-17(14)23(2)3)27-21(22-16)9-7-15-6-8-18(26-13-24-4)19(11-15)25-5;1-12-9-14-18(11-15(12)21(2)3)24-19(20-14)8-6-13-5-7-16(22)17(10-13)23-4/h6-12H,13H2,1-5H3;5-11,22H,1-4H3/b9-7+;8-6+. The maximum atomic E-state index is 9.65. The first-order valence-corrected chi connectivity index (χ1v) is 17.8. The van der Waals surface area contributed by atoms with Gasteiger partial charge in [-0.25, -0.2) is 9.97 Å². The van der Waals surface area contributed by atoms with Gasteiger partial charge in [0.2, 0.25) is 0 Å². The molecule has 6 aromatic rings. The van der Waals surface area contributed by atoms with Crippen molar-refractivity contribution in [2.75, 3.05) is 66.1 Å². The molecule has 0 aliphatic carbocycles. The van der Waals surface area contributed by atoms with Gasteiger partial charge in [0.05, 0.1) is 34.7 Å². The zero-order valence-electron chi connectivity index (χ0n) is 30.5. The van der Waals surface area contributed by atoms with Crippen LogP contribution in [0, 0.1) is 13.8 Å². The molecule has 0 aliphatic rings. The summed E-state index contributed by atoms with van der Waals surface area (Å²) in [5.41, 5.74) is 8.90. The zero-order valence-corrected chi connectivity index (χ0v) is 32.1. The molecule has 6 rings (SSSR count). The lowest BCUT2D eigenvalue weighted by Gasteiger charge is -2.15. The van der Waals surface area contributed by atoms with Crippen molar-refractivity contribution in [3.8, 4) is 23.0 Å². The van der Waals surface area contributed by atoms with Crippen LogP contribution in [0.2, 0.25) is 0 Å². The fraction of sp³-hybridized carbons (Fsp3) is 0.250. The molecular formula is C40H44N4O5S2. The Kier molecular flexibility index (Phi) is 12.2. The summed E-state index contributed by atoms with van der Waals surface area (Å²) in [5, 5.41) is 11.6. The number of aryl methyl sites for hydroxylation is 2. The lowest BCUT2D eigenvalue weighted by Crippen LogP contribution is -2.09. The Labute approximate surface area is 307 Å². The highest BCUT2D eigenvalue weighted by Crippen LogP contribution is 2.33. The number of rotatable bonds is 11. The van der Waals surface area contributed by atoms with Crippen LogP contribution in [0.15, 0.2) is 60.7 Å². The van der Waals surface area contributed by atoms with Crippen molar-refractivity contribution in [3.63, 3.8) is 0 Å². The average Bonchev–Trinajstić information content (AvgIpc) is 3.71. The first-order chi connectivity index (χ1) is 24.5. The molecule has 2 aromatic heterocycles. The smallest absolute Gasteiger partial charge is 0.188 e. The molecule has 0 fully saturated rings. The lowest BCUT2D eigenvalue weighted by molar-refractivity contribution is 0.0491. The lowest BCUT2D eigenvalue weighted by atomic mass is 10.2. The van der Waals surface area contributed by atoms with Gasteiger partial charge in [-0.2, -0.15) is 0 Å². The first kappa shape index (κ1) is 37.2. The largest absolute Gasteiger partial charge is 0.504 e. The Morgan fingerprint density at radius 1 is 0.627 bits per heavy atom. The van der Waals surface area contributed by atoms with Gasteiger partial charge in [-0.3, -0.25) is 0 Å². The highest BCUT2D eigenvalue weighted by molar-refractivity contribution is 7.19. The minimum atomic E-state index is 0.140. The van der Waals surface area contributed by atoms with Crippen molar-refractivity contribution in [2.45, 2.75) is 13.8 Å². The maximum absolute atomic E-state index is 9.65. The van der Waals surface area contributed by atoms with Crippen LogP contribution in [0.4, 0.5) is 11.4 Å². The molecule has 0 atom stereocenters. The molecule has 11 heteroatoms. The molecule has 2 heterocycles. The molecular weight excluding hydrogens is 681 g/mol. The number of phenolic OH excluding ortho intramolecular Hbond substituents is 1. The summed E-state index contributed by atoms with van der Waals surface area (Å²) in [5.74, 6) is 1.93. The second-order valence-electron chi connectivity index (χ2n) is 12.2. The fourth-order valence-corrected chi connectivity index (χ4v) is 7.21. The molecule has 0 unspecified atom stereocenters. The highest BCUT2D eigenvalue weighted by atomic mass is 32.1. The third kappa shape index (κ3) is 9.18. The zero-order chi connectivity index (χ0) is 36.7.